The third-order valence-corrected chi connectivity index (χ3v) is 5.48. The Balaban J connectivity index is 2.09. The zero-order valence-corrected chi connectivity index (χ0v) is 9.79. The quantitative estimate of drug-likeness (QED) is 0.702. The average molecular weight is 205 g/mol. The van der Waals surface area contributed by atoms with E-state index in [-0.39, 0.29) is 0 Å². The molecule has 0 spiro atoms. The van der Waals surface area contributed by atoms with Crippen LogP contribution in [-0.4, -0.2) is 5.16 Å². The summed E-state index contributed by atoms with van der Waals surface area (Å²) in [7, 11) is 0. The molecule has 0 amide bonds. The van der Waals surface area contributed by atoms with E-state index >= 15 is 0 Å². The van der Waals surface area contributed by atoms with Gasteiger partial charge in [-0.2, -0.15) is 0 Å². The first-order valence-electron chi connectivity index (χ1n) is 5.99. The van der Waals surface area contributed by atoms with Crippen molar-refractivity contribution in [2.75, 3.05) is 0 Å². The van der Waals surface area contributed by atoms with Crippen molar-refractivity contribution in [2.24, 2.45) is 17.3 Å². The summed E-state index contributed by atoms with van der Waals surface area (Å²) < 4.78 is 5.05. The van der Waals surface area contributed by atoms with Crippen LogP contribution in [-0.2, 0) is 5.41 Å². The number of aromatic nitrogens is 1. The fourth-order valence-electron chi connectivity index (χ4n) is 4.34. The fourth-order valence-corrected chi connectivity index (χ4v) is 4.34. The van der Waals surface area contributed by atoms with Gasteiger partial charge in [-0.15, -0.1) is 0 Å². The molecule has 0 radical (unpaired) electrons. The molecular weight excluding hydrogens is 186 g/mol. The molecule has 3 saturated carbocycles. The lowest BCUT2D eigenvalue weighted by atomic mass is 9.35. The van der Waals surface area contributed by atoms with E-state index in [4.69, 9.17) is 4.52 Å². The van der Waals surface area contributed by atoms with Gasteiger partial charge in [0, 0.05) is 11.0 Å². The van der Waals surface area contributed by atoms with Gasteiger partial charge in [0.25, 0.3) is 0 Å². The molecule has 0 aliphatic heterocycles. The van der Waals surface area contributed by atoms with E-state index in [1.807, 2.05) is 12.5 Å². The molecule has 1 aromatic heterocycles. The summed E-state index contributed by atoms with van der Waals surface area (Å²) in [6, 6.07) is 0. The Bertz CT molecular complexity index is 368. The first-order chi connectivity index (χ1) is 7.09. The van der Waals surface area contributed by atoms with Gasteiger partial charge in [0.2, 0.25) is 0 Å². The van der Waals surface area contributed by atoms with Crippen LogP contribution in [0, 0.1) is 17.3 Å². The van der Waals surface area contributed by atoms with Crippen molar-refractivity contribution in [1.29, 1.82) is 0 Å². The number of fused-ring (bicyclic) bond motifs is 2. The Morgan fingerprint density at radius 3 is 2.73 bits per heavy atom. The molecule has 2 bridgehead atoms. The lowest BCUT2D eigenvalue weighted by Crippen LogP contribution is -2.64. The minimum Gasteiger partial charge on any atom is -0.364 e. The Kier molecular flexibility index (Phi) is 1.67. The van der Waals surface area contributed by atoms with Crippen LogP contribution in [0.3, 0.4) is 0 Å². The molecule has 3 fully saturated rings. The third-order valence-electron chi connectivity index (χ3n) is 5.48. The lowest BCUT2D eigenvalue weighted by molar-refractivity contribution is -0.133. The summed E-state index contributed by atoms with van der Waals surface area (Å²) in [6.07, 6.45) is 7.89. The van der Waals surface area contributed by atoms with Gasteiger partial charge in [-0.3, -0.25) is 0 Å². The van der Waals surface area contributed by atoms with Crippen molar-refractivity contribution in [3.63, 3.8) is 0 Å². The SMILES string of the molecule is CC1CCC2CC1(c1cnoc1)C2(C)C. The highest BCUT2D eigenvalue weighted by molar-refractivity contribution is 5.32. The van der Waals surface area contributed by atoms with Crippen molar-refractivity contribution in [3.05, 3.63) is 18.0 Å². The van der Waals surface area contributed by atoms with E-state index in [0.717, 1.165) is 11.8 Å². The smallest absolute Gasteiger partial charge is 0.127 e. The van der Waals surface area contributed by atoms with Crippen molar-refractivity contribution < 1.29 is 4.52 Å². The molecule has 0 N–H and O–H groups in total. The minimum absolute atomic E-state index is 0.343. The van der Waals surface area contributed by atoms with E-state index in [2.05, 4.69) is 25.9 Å². The van der Waals surface area contributed by atoms with Gasteiger partial charge in [0.05, 0.1) is 6.20 Å². The molecule has 3 aliphatic carbocycles. The fraction of sp³-hybridized carbons (Fsp3) is 0.769. The zero-order valence-electron chi connectivity index (χ0n) is 9.79. The highest BCUT2D eigenvalue weighted by atomic mass is 16.5. The second-order valence-corrected chi connectivity index (χ2v) is 5.99. The summed E-state index contributed by atoms with van der Waals surface area (Å²) in [5.41, 5.74) is 2.10. The molecule has 3 atom stereocenters. The predicted octanol–water partition coefficient (Wildman–Crippen LogP) is 3.39. The molecule has 3 aliphatic rings. The summed E-state index contributed by atoms with van der Waals surface area (Å²) in [5, 5.41) is 3.89. The van der Waals surface area contributed by atoms with Crippen molar-refractivity contribution >= 4 is 0 Å². The maximum atomic E-state index is 5.05. The third kappa shape index (κ3) is 0.889. The van der Waals surface area contributed by atoms with E-state index in [9.17, 15) is 0 Å². The van der Waals surface area contributed by atoms with Crippen LogP contribution in [0.2, 0.25) is 0 Å². The first-order valence-corrected chi connectivity index (χ1v) is 5.99. The van der Waals surface area contributed by atoms with E-state index in [1.165, 1.54) is 24.8 Å². The van der Waals surface area contributed by atoms with Gasteiger partial charge >= 0.3 is 0 Å². The standard InChI is InChI=1S/C13H19NO/c1-9-4-5-10-6-13(9,12(10,2)3)11-7-14-15-8-11/h7-10H,4-6H2,1-3H3. The average Bonchev–Trinajstić information content (AvgIpc) is 2.70. The Morgan fingerprint density at radius 1 is 1.40 bits per heavy atom. The molecular formula is C13H19NO. The van der Waals surface area contributed by atoms with Gasteiger partial charge in [0.1, 0.15) is 6.26 Å². The Morgan fingerprint density at radius 2 is 2.20 bits per heavy atom. The molecule has 0 saturated heterocycles. The highest BCUT2D eigenvalue weighted by Crippen LogP contribution is 2.70. The Hall–Kier alpha value is -0.790. The summed E-state index contributed by atoms with van der Waals surface area (Å²) in [4.78, 5) is 0. The van der Waals surface area contributed by atoms with Gasteiger partial charge in [-0.1, -0.05) is 25.9 Å². The van der Waals surface area contributed by atoms with Crippen LogP contribution in [0.15, 0.2) is 17.0 Å². The van der Waals surface area contributed by atoms with E-state index in [1.54, 1.807) is 0 Å². The summed E-state index contributed by atoms with van der Waals surface area (Å²) >= 11 is 0. The van der Waals surface area contributed by atoms with Gasteiger partial charge in [0.15, 0.2) is 0 Å². The van der Waals surface area contributed by atoms with Gasteiger partial charge < -0.3 is 4.52 Å². The number of hydrogen-bond donors (Lipinski definition) is 0. The van der Waals surface area contributed by atoms with Gasteiger partial charge in [-0.25, -0.2) is 0 Å². The highest BCUT2D eigenvalue weighted by Gasteiger charge is 2.65. The maximum absolute atomic E-state index is 5.05. The van der Waals surface area contributed by atoms with Crippen LogP contribution in [0.5, 0.6) is 0 Å². The van der Waals surface area contributed by atoms with Gasteiger partial charge in [-0.05, 0) is 36.5 Å². The van der Waals surface area contributed by atoms with Crippen LogP contribution in [0.4, 0.5) is 0 Å². The van der Waals surface area contributed by atoms with Crippen molar-refractivity contribution in [2.45, 2.75) is 45.4 Å². The Labute approximate surface area is 91.0 Å². The molecule has 82 valence electrons. The topological polar surface area (TPSA) is 26.0 Å². The van der Waals surface area contributed by atoms with Crippen molar-refractivity contribution in [3.8, 4) is 0 Å². The molecule has 4 rings (SSSR count). The molecule has 1 aromatic rings. The van der Waals surface area contributed by atoms with Crippen LogP contribution in [0.1, 0.15) is 45.6 Å². The number of hydrogen-bond acceptors (Lipinski definition) is 2. The van der Waals surface area contributed by atoms with Crippen LogP contribution >= 0.6 is 0 Å². The second-order valence-electron chi connectivity index (χ2n) is 5.99. The van der Waals surface area contributed by atoms with Crippen molar-refractivity contribution in [1.82, 2.24) is 5.16 Å². The summed E-state index contributed by atoms with van der Waals surface area (Å²) in [6.45, 7) is 7.23. The monoisotopic (exact) mass is 205 g/mol. The largest absolute Gasteiger partial charge is 0.364 e. The number of nitrogens with zero attached hydrogens (tertiary/aromatic N) is 1. The summed E-state index contributed by atoms with van der Waals surface area (Å²) in [5.74, 6) is 1.67. The zero-order chi connectivity index (χ0) is 10.7. The normalized spacial score (nSPS) is 42.3. The second kappa shape index (κ2) is 2.66. The molecule has 1 heterocycles. The molecule has 2 heteroatoms. The van der Waals surface area contributed by atoms with Crippen LogP contribution < -0.4 is 0 Å². The molecule has 3 unspecified atom stereocenters. The molecule has 2 nitrogen and oxygen atoms in total. The van der Waals surface area contributed by atoms with E-state index < -0.39 is 0 Å². The van der Waals surface area contributed by atoms with E-state index in [0.29, 0.717) is 10.8 Å². The molecule has 15 heavy (non-hydrogen) atoms. The minimum atomic E-state index is 0.343. The van der Waals surface area contributed by atoms with Crippen LogP contribution in [0.25, 0.3) is 0 Å². The first kappa shape index (κ1) is 9.44. The lowest BCUT2D eigenvalue weighted by Gasteiger charge is -2.68. The maximum Gasteiger partial charge on any atom is 0.127 e. The number of rotatable bonds is 1. The molecule has 0 aromatic carbocycles. The predicted molar refractivity (Wildman–Crippen MR) is 58.5 cm³/mol.